The van der Waals surface area contributed by atoms with Crippen LogP contribution in [0.2, 0.25) is 0 Å². The summed E-state index contributed by atoms with van der Waals surface area (Å²) in [6.45, 7) is 0. The molecule has 232 valence electrons. The monoisotopic (exact) mass is 634 g/mol. The van der Waals surface area contributed by atoms with Crippen molar-refractivity contribution in [2.24, 2.45) is 0 Å². The molecule has 2 heterocycles. The van der Waals surface area contributed by atoms with Crippen LogP contribution < -0.4 is 0 Å². The van der Waals surface area contributed by atoms with Gasteiger partial charge in [-0.15, -0.1) is 0 Å². The van der Waals surface area contributed by atoms with Gasteiger partial charge in [0.2, 0.25) is 0 Å². The Labute approximate surface area is 290 Å². The van der Waals surface area contributed by atoms with Crippen molar-refractivity contribution in [3.8, 4) is 44.6 Å². The molecule has 0 saturated carbocycles. The van der Waals surface area contributed by atoms with Gasteiger partial charge >= 0.3 is 0 Å². The second-order valence-electron chi connectivity index (χ2n) is 13.0. The minimum atomic E-state index is 0.971. The fraction of sp³-hybridized carbons (Fsp3) is 0. The molecule has 0 fully saturated rings. The van der Waals surface area contributed by atoms with Crippen molar-refractivity contribution in [1.82, 2.24) is 9.97 Å². The average Bonchev–Trinajstić information content (AvgIpc) is 3.19. The number of para-hydroxylation sites is 1. The van der Waals surface area contributed by atoms with Crippen molar-refractivity contribution in [2.45, 2.75) is 0 Å². The fourth-order valence-electron chi connectivity index (χ4n) is 7.56. The fourth-order valence-corrected chi connectivity index (χ4v) is 7.56. The smallest absolute Gasteiger partial charge is 0.0794 e. The van der Waals surface area contributed by atoms with E-state index >= 15 is 0 Å². The predicted octanol–water partition coefficient (Wildman–Crippen LogP) is 12.9. The lowest BCUT2D eigenvalue weighted by Gasteiger charge is -2.16. The Bertz CT molecular complexity index is 2920. The first-order valence-corrected chi connectivity index (χ1v) is 17.1. The predicted molar refractivity (Wildman–Crippen MR) is 211 cm³/mol. The molecule has 0 aliphatic rings. The lowest BCUT2D eigenvalue weighted by molar-refractivity contribution is 1.41. The Morgan fingerprint density at radius 3 is 1.60 bits per heavy atom. The second-order valence-corrected chi connectivity index (χ2v) is 13.0. The Balaban J connectivity index is 1.21. The van der Waals surface area contributed by atoms with Crippen LogP contribution in [0.5, 0.6) is 0 Å². The average molecular weight is 635 g/mol. The van der Waals surface area contributed by atoms with E-state index in [0.29, 0.717) is 0 Å². The van der Waals surface area contributed by atoms with Crippen LogP contribution in [0.15, 0.2) is 182 Å². The van der Waals surface area contributed by atoms with Gasteiger partial charge in [-0.1, -0.05) is 140 Å². The molecule has 50 heavy (non-hydrogen) atoms. The molecule has 10 rings (SSSR count). The Morgan fingerprint density at radius 2 is 0.860 bits per heavy atom. The summed E-state index contributed by atoms with van der Waals surface area (Å²) in [5.41, 5.74) is 11.2. The molecular weight excluding hydrogens is 605 g/mol. The molecule has 10 aromatic rings. The van der Waals surface area contributed by atoms with Gasteiger partial charge in [0, 0.05) is 27.9 Å². The van der Waals surface area contributed by atoms with Crippen LogP contribution in [-0.4, -0.2) is 9.97 Å². The molecule has 0 amide bonds. The third-order valence-electron chi connectivity index (χ3n) is 10.1. The largest absolute Gasteiger partial charge is 0.256 e. The van der Waals surface area contributed by atoms with Crippen LogP contribution >= 0.6 is 0 Å². The third-order valence-corrected chi connectivity index (χ3v) is 10.1. The normalized spacial score (nSPS) is 11.6. The SMILES string of the molecule is c1ccc2cc(-c3cc(-c4ccc5ccccc5c4)c4cc(-c5ccc(-c6ccnc7ccccc67)cc5)c5ccccc5c4n3)ccc2c1. The minimum absolute atomic E-state index is 0.971. The number of aromatic nitrogens is 2. The summed E-state index contributed by atoms with van der Waals surface area (Å²) < 4.78 is 0. The molecule has 0 aliphatic carbocycles. The highest BCUT2D eigenvalue weighted by atomic mass is 14.7. The van der Waals surface area contributed by atoms with Crippen molar-refractivity contribution in [3.05, 3.63) is 182 Å². The zero-order valence-electron chi connectivity index (χ0n) is 27.2. The summed E-state index contributed by atoms with van der Waals surface area (Å²) in [4.78, 5) is 10.0. The van der Waals surface area contributed by atoms with Crippen LogP contribution in [0.1, 0.15) is 0 Å². The van der Waals surface area contributed by atoms with Crippen molar-refractivity contribution in [1.29, 1.82) is 0 Å². The molecule has 2 heteroatoms. The zero-order valence-corrected chi connectivity index (χ0v) is 27.2. The van der Waals surface area contributed by atoms with E-state index in [0.717, 1.165) is 38.4 Å². The van der Waals surface area contributed by atoms with Gasteiger partial charge in [-0.2, -0.15) is 0 Å². The third kappa shape index (κ3) is 4.73. The summed E-state index contributed by atoms with van der Waals surface area (Å²) in [7, 11) is 0. The minimum Gasteiger partial charge on any atom is -0.256 e. The summed E-state index contributed by atoms with van der Waals surface area (Å²) in [5.74, 6) is 0. The number of rotatable bonds is 4. The summed E-state index contributed by atoms with van der Waals surface area (Å²) >= 11 is 0. The lowest BCUT2D eigenvalue weighted by Crippen LogP contribution is -1.94. The van der Waals surface area contributed by atoms with Gasteiger partial charge in [0.15, 0.2) is 0 Å². The van der Waals surface area contributed by atoms with E-state index in [1.807, 2.05) is 12.3 Å². The molecule has 0 atom stereocenters. The van der Waals surface area contributed by atoms with Crippen LogP contribution in [0.3, 0.4) is 0 Å². The number of benzene rings is 8. The standard InChI is InChI=1S/C48H30N2/c1-3-11-35-27-37(23-17-31(35)9-1)44-30-47(38-24-18-32-10-2-4-12-36(32)28-38)50-48-42-15-6-5-13-40(42)43(29-45(44)48)34-21-19-33(20-22-34)39-25-26-49-46-16-8-7-14-41(39)46/h1-30H. The molecule has 0 N–H and O–H groups in total. The Morgan fingerprint density at radius 1 is 0.320 bits per heavy atom. The number of nitrogens with zero attached hydrogens (tertiary/aromatic N) is 2. The maximum Gasteiger partial charge on any atom is 0.0794 e. The Kier molecular flexibility index (Phi) is 6.53. The first-order valence-electron chi connectivity index (χ1n) is 17.1. The van der Waals surface area contributed by atoms with Gasteiger partial charge in [0.25, 0.3) is 0 Å². The van der Waals surface area contributed by atoms with Gasteiger partial charge in [-0.25, -0.2) is 4.98 Å². The molecule has 0 saturated heterocycles. The molecule has 0 spiro atoms. The first kappa shape index (κ1) is 28.4. The number of hydrogen-bond acceptors (Lipinski definition) is 2. The molecule has 8 aromatic carbocycles. The van der Waals surface area contributed by atoms with Crippen molar-refractivity contribution >= 4 is 54.1 Å². The summed E-state index contributed by atoms with van der Waals surface area (Å²) in [6.07, 6.45) is 1.90. The van der Waals surface area contributed by atoms with E-state index in [-0.39, 0.29) is 0 Å². The summed E-state index contributed by atoms with van der Waals surface area (Å²) in [5, 5.41) is 9.53. The van der Waals surface area contributed by atoms with Crippen LogP contribution in [0.25, 0.3) is 98.8 Å². The maximum absolute atomic E-state index is 5.44. The van der Waals surface area contributed by atoms with E-state index in [1.165, 1.54) is 60.3 Å². The van der Waals surface area contributed by atoms with E-state index in [4.69, 9.17) is 4.98 Å². The van der Waals surface area contributed by atoms with Crippen molar-refractivity contribution < 1.29 is 0 Å². The van der Waals surface area contributed by atoms with Gasteiger partial charge in [-0.3, -0.25) is 4.98 Å². The van der Waals surface area contributed by atoms with Gasteiger partial charge in [-0.05, 0) is 96.7 Å². The first-order chi connectivity index (χ1) is 24.8. The number of pyridine rings is 2. The molecule has 0 unspecified atom stereocenters. The molecule has 0 bridgehead atoms. The number of fused-ring (bicyclic) bond motifs is 6. The molecule has 0 radical (unpaired) electrons. The lowest BCUT2D eigenvalue weighted by atomic mass is 9.90. The highest BCUT2D eigenvalue weighted by molar-refractivity contribution is 6.16. The van der Waals surface area contributed by atoms with Crippen LogP contribution in [0.4, 0.5) is 0 Å². The molecular formula is C48H30N2. The topological polar surface area (TPSA) is 25.8 Å². The Hall–Kier alpha value is -6.64. The molecule has 0 aliphatic heterocycles. The quantitative estimate of drug-likeness (QED) is 0.180. The van der Waals surface area contributed by atoms with Gasteiger partial charge in [0.1, 0.15) is 0 Å². The summed E-state index contributed by atoms with van der Waals surface area (Å²) in [6, 6.07) is 63.4. The van der Waals surface area contributed by atoms with Crippen LogP contribution in [0, 0.1) is 0 Å². The van der Waals surface area contributed by atoms with Gasteiger partial charge in [0.05, 0.1) is 16.7 Å². The van der Waals surface area contributed by atoms with Crippen LogP contribution in [-0.2, 0) is 0 Å². The molecule has 2 aromatic heterocycles. The zero-order chi connectivity index (χ0) is 33.0. The second kappa shape index (κ2) is 11.5. The van der Waals surface area contributed by atoms with E-state index < -0.39 is 0 Å². The van der Waals surface area contributed by atoms with E-state index in [2.05, 4.69) is 175 Å². The maximum atomic E-state index is 5.44. The highest BCUT2D eigenvalue weighted by Gasteiger charge is 2.17. The van der Waals surface area contributed by atoms with Crippen molar-refractivity contribution in [2.75, 3.05) is 0 Å². The highest BCUT2D eigenvalue weighted by Crippen LogP contribution is 2.41. The van der Waals surface area contributed by atoms with E-state index in [1.54, 1.807) is 0 Å². The van der Waals surface area contributed by atoms with E-state index in [9.17, 15) is 0 Å². The number of hydrogen-bond donors (Lipinski definition) is 0. The van der Waals surface area contributed by atoms with Gasteiger partial charge < -0.3 is 0 Å². The van der Waals surface area contributed by atoms with Crippen molar-refractivity contribution in [3.63, 3.8) is 0 Å². The molecule has 2 nitrogen and oxygen atoms in total.